The Morgan fingerprint density at radius 3 is 2.42 bits per heavy atom. The van der Waals surface area contributed by atoms with Gasteiger partial charge >= 0.3 is 11.7 Å². The number of benzene rings is 2. The van der Waals surface area contributed by atoms with Crippen molar-refractivity contribution in [3.63, 3.8) is 0 Å². The molecule has 0 radical (unpaired) electrons. The molecule has 1 aliphatic rings. The maximum absolute atomic E-state index is 13.1. The van der Waals surface area contributed by atoms with E-state index in [4.69, 9.17) is 11.6 Å². The van der Waals surface area contributed by atoms with E-state index in [2.05, 4.69) is 10.3 Å². The fourth-order valence-electron chi connectivity index (χ4n) is 3.96. The minimum absolute atomic E-state index is 0.0284. The van der Waals surface area contributed by atoms with Gasteiger partial charge < -0.3 is 15.1 Å². The number of anilines is 1. The van der Waals surface area contributed by atoms with E-state index in [1.54, 1.807) is 17.2 Å². The summed E-state index contributed by atoms with van der Waals surface area (Å²) in [6, 6.07) is 20.0. The Morgan fingerprint density at radius 1 is 1.03 bits per heavy atom. The molecule has 1 N–H and O–H groups in total. The molecule has 9 heteroatoms. The number of halogens is 1. The highest BCUT2D eigenvalue weighted by Gasteiger charge is 2.28. The number of hydrogen-bond acceptors (Lipinski definition) is 5. The summed E-state index contributed by atoms with van der Waals surface area (Å²) in [5, 5.41) is 15.1. The van der Waals surface area contributed by atoms with Crippen molar-refractivity contribution in [2.24, 2.45) is 0 Å². The van der Waals surface area contributed by atoms with E-state index >= 15 is 0 Å². The monoisotopic (exact) mass is 465 g/mol. The second-order valence-corrected chi connectivity index (χ2v) is 8.19. The number of carbonyl (C=O) groups is 1. The third kappa shape index (κ3) is 5.40. The summed E-state index contributed by atoms with van der Waals surface area (Å²) in [5.41, 5.74) is 1.92. The van der Waals surface area contributed by atoms with Crippen LogP contribution in [0.4, 0.5) is 16.3 Å². The van der Waals surface area contributed by atoms with E-state index in [1.165, 1.54) is 6.07 Å². The molecule has 2 heterocycles. The van der Waals surface area contributed by atoms with Gasteiger partial charge in [0.05, 0.1) is 11.0 Å². The van der Waals surface area contributed by atoms with Gasteiger partial charge in [0.25, 0.3) is 0 Å². The van der Waals surface area contributed by atoms with Crippen LogP contribution in [-0.4, -0.2) is 47.0 Å². The summed E-state index contributed by atoms with van der Waals surface area (Å²) < 4.78 is 0. The molecule has 1 saturated heterocycles. The molecular formula is C24H24ClN5O3. The Labute approximate surface area is 197 Å². The summed E-state index contributed by atoms with van der Waals surface area (Å²) in [7, 11) is 0. The number of nitrogens with zero attached hydrogens (tertiary/aromatic N) is 4. The zero-order chi connectivity index (χ0) is 23.2. The van der Waals surface area contributed by atoms with E-state index in [0.717, 1.165) is 11.1 Å². The van der Waals surface area contributed by atoms with Crippen LogP contribution in [0.2, 0.25) is 5.02 Å². The van der Waals surface area contributed by atoms with Crippen molar-refractivity contribution in [3.05, 3.63) is 99.2 Å². The topological polar surface area (TPSA) is 91.6 Å². The fraction of sp³-hybridized carbons (Fsp3) is 0.250. The summed E-state index contributed by atoms with van der Waals surface area (Å²) in [6.07, 6.45) is 2.11. The Morgan fingerprint density at radius 2 is 1.73 bits per heavy atom. The highest BCUT2D eigenvalue weighted by Crippen LogP contribution is 2.26. The average molecular weight is 466 g/mol. The lowest BCUT2D eigenvalue weighted by atomic mass is 9.99. The number of aromatic nitrogens is 1. The second-order valence-electron chi connectivity index (χ2n) is 7.79. The van der Waals surface area contributed by atoms with Gasteiger partial charge in [0.2, 0.25) is 5.82 Å². The normalized spacial score (nSPS) is 14.6. The van der Waals surface area contributed by atoms with Gasteiger partial charge in [-0.25, -0.2) is 9.78 Å². The number of nitro groups is 1. The van der Waals surface area contributed by atoms with Gasteiger partial charge in [0.15, 0.2) is 0 Å². The molecule has 2 aromatic carbocycles. The van der Waals surface area contributed by atoms with Crippen LogP contribution in [0.5, 0.6) is 0 Å². The fourth-order valence-corrected chi connectivity index (χ4v) is 4.17. The molecular weight excluding hydrogens is 442 g/mol. The van der Waals surface area contributed by atoms with E-state index < -0.39 is 4.92 Å². The maximum atomic E-state index is 13.1. The van der Waals surface area contributed by atoms with E-state index in [1.807, 2.05) is 59.5 Å². The first-order chi connectivity index (χ1) is 16.0. The lowest BCUT2D eigenvalue weighted by molar-refractivity contribution is -0.384. The van der Waals surface area contributed by atoms with Gasteiger partial charge in [-0.2, -0.15) is 0 Å². The predicted octanol–water partition coefficient (Wildman–Crippen LogP) is 4.46. The summed E-state index contributed by atoms with van der Waals surface area (Å²) in [6.45, 7) is 1.80. The lowest BCUT2D eigenvalue weighted by Crippen LogP contribution is -2.52. The van der Waals surface area contributed by atoms with Gasteiger partial charge in [0, 0.05) is 43.5 Å². The van der Waals surface area contributed by atoms with E-state index in [-0.39, 0.29) is 17.8 Å². The van der Waals surface area contributed by atoms with Crippen LogP contribution in [0.15, 0.2) is 72.9 Å². The van der Waals surface area contributed by atoms with Crippen LogP contribution in [0.3, 0.4) is 0 Å². The molecule has 170 valence electrons. The first-order valence-electron chi connectivity index (χ1n) is 10.7. The Bertz CT molecular complexity index is 1120. The standard InChI is InChI=1S/C24H24ClN5O3/c25-20-10-5-4-9-19(20)17-21(18-7-2-1-3-8-18)27-24(31)29-15-13-28(14-16-29)23-22(30(32)33)11-6-12-26-23/h1-12,21H,13-17H2,(H,27,31). The van der Waals surface area contributed by atoms with E-state index in [9.17, 15) is 14.9 Å². The largest absolute Gasteiger partial charge is 0.347 e. The Balaban J connectivity index is 1.44. The second kappa shape index (κ2) is 10.3. The maximum Gasteiger partial charge on any atom is 0.318 e. The third-order valence-corrected chi connectivity index (χ3v) is 6.08. The van der Waals surface area contributed by atoms with Gasteiger partial charge in [-0.05, 0) is 29.7 Å². The SMILES string of the molecule is O=C(NC(Cc1ccccc1Cl)c1ccccc1)N1CCN(c2ncccc2[N+](=O)[O-])CC1. The summed E-state index contributed by atoms with van der Waals surface area (Å²) >= 11 is 6.37. The number of pyridine rings is 1. The molecule has 0 saturated carbocycles. The van der Waals surface area contributed by atoms with Crippen molar-refractivity contribution in [3.8, 4) is 0 Å². The van der Waals surface area contributed by atoms with Gasteiger partial charge in [0.1, 0.15) is 0 Å². The van der Waals surface area contributed by atoms with Crippen molar-refractivity contribution in [1.29, 1.82) is 0 Å². The van der Waals surface area contributed by atoms with Crippen LogP contribution in [0.1, 0.15) is 17.2 Å². The number of piperazine rings is 1. The van der Waals surface area contributed by atoms with Crippen LogP contribution < -0.4 is 10.2 Å². The summed E-state index contributed by atoms with van der Waals surface area (Å²) in [4.78, 5) is 31.8. The molecule has 8 nitrogen and oxygen atoms in total. The minimum atomic E-state index is -0.430. The van der Waals surface area contributed by atoms with E-state index in [0.29, 0.717) is 43.4 Å². The molecule has 1 fully saturated rings. The van der Waals surface area contributed by atoms with Gasteiger partial charge in [-0.1, -0.05) is 60.1 Å². The Hall–Kier alpha value is -3.65. The van der Waals surface area contributed by atoms with Crippen molar-refractivity contribution < 1.29 is 9.72 Å². The smallest absolute Gasteiger partial charge is 0.318 e. The molecule has 3 aromatic rings. The quantitative estimate of drug-likeness (QED) is 0.428. The highest BCUT2D eigenvalue weighted by molar-refractivity contribution is 6.31. The molecule has 0 bridgehead atoms. The van der Waals surface area contributed by atoms with Crippen LogP contribution in [-0.2, 0) is 6.42 Å². The molecule has 1 aliphatic heterocycles. The third-order valence-electron chi connectivity index (χ3n) is 5.71. The van der Waals surface area contributed by atoms with Crippen LogP contribution in [0.25, 0.3) is 0 Å². The molecule has 1 aromatic heterocycles. The first-order valence-corrected chi connectivity index (χ1v) is 11.1. The average Bonchev–Trinajstić information content (AvgIpc) is 2.85. The van der Waals surface area contributed by atoms with Crippen molar-refractivity contribution >= 4 is 29.1 Å². The van der Waals surface area contributed by atoms with Gasteiger partial charge in [-0.15, -0.1) is 0 Å². The number of urea groups is 1. The van der Waals surface area contributed by atoms with Crippen LogP contribution >= 0.6 is 11.6 Å². The molecule has 2 amide bonds. The number of amides is 2. The number of carbonyl (C=O) groups excluding carboxylic acids is 1. The van der Waals surface area contributed by atoms with Crippen LogP contribution in [0, 0.1) is 10.1 Å². The zero-order valence-corrected chi connectivity index (χ0v) is 18.7. The van der Waals surface area contributed by atoms with Crippen molar-refractivity contribution in [1.82, 2.24) is 15.2 Å². The lowest BCUT2D eigenvalue weighted by Gasteiger charge is -2.36. The van der Waals surface area contributed by atoms with Crippen molar-refractivity contribution in [2.45, 2.75) is 12.5 Å². The molecule has 0 spiro atoms. The molecule has 1 unspecified atom stereocenters. The number of rotatable bonds is 6. The summed E-state index contributed by atoms with van der Waals surface area (Å²) in [5.74, 6) is 0.337. The van der Waals surface area contributed by atoms with Gasteiger partial charge in [-0.3, -0.25) is 10.1 Å². The Kier molecular flexibility index (Phi) is 7.04. The van der Waals surface area contributed by atoms with Crippen molar-refractivity contribution in [2.75, 3.05) is 31.1 Å². The highest BCUT2D eigenvalue weighted by atomic mass is 35.5. The molecule has 0 aliphatic carbocycles. The molecule has 1 atom stereocenters. The minimum Gasteiger partial charge on any atom is -0.347 e. The molecule has 4 rings (SSSR count). The zero-order valence-electron chi connectivity index (χ0n) is 17.9. The molecule has 33 heavy (non-hydrogen) atoms. The first kappa shape index (κ1) is 22.5. The number of hydrogen-bond donors (Lipinski definition) is 1. The predicted molar refractivity (Wildman–Crippen MR) is 128 cm³/mol. The number of nitrogens with one attached hydrogen (secondary N) is 1.